The van der Waals surface area contributed by atoms with Crippen LogP contribution in [0.25, 0.3) is 0 Å². The van der Waals surface area contributed by atoms with Gasteiger partial charge in [-0.15, -0.1) is 0 Å². The monoisotopic (exact) mass is 206 g/mol. The smallest absolute Gasteiger partial charge is 0.128 e. The van der Waals surface area contributed by atoms with E-state index in [0.717, 1.165) is 36.1 Å². The third kappa shape index (κ3) is 1.74. The normalized spacial score (nSPS) is 18.3. The number of aryl methyl sites for hydroxylation is 1. The average Bonchev–Trinajstić information content (AvgIpc) is 2.18. The molecule has 0 atom stereocenters. The first-order valence-corrected chi connectivity index (χ1v) is 5.62. The Morgan fingerprint density at radius 2 is 2.13 bits per heavy atom. The predicted octanol–water partition coefficient (Wildman–Crippen LogP) is 2.77. The molecule has 0 unspecified atom stereocenters. The van der Waals surface area contributed by atoms with Crippen molar-refractivity contribution in [1.29, 1.82) is 0 Å². The lowest BCUT2D eigenvalue weighted by molar-refractivity contribution is -0.0408. The fourth-order valence-corrected chi connectivity index (χ4v) is 2.14. The quantitative estimate of drug-likeness (QED) is 0.824. The van der Waals surface area contributed by atoms with E-state index >= 15 is 0 Å². The third-order valence-electron chi connectivity index (χ3n) is 3.18. The Hall–Kier alpha value is -1.02. The van der Waals surface area contributed by atoms with Crippen LogP contribution in [0, 0.1) is 6.92 Å². The van der Waals surface area contributed by atoms with Gasteiger partial charge in [0.2, 0.25) is 0 Å². The van der Waals surface area contributed by atoms with E-state index in [2.05, 4.69) is 0 Å². The number of rotatable bonds is 3. The van der Waals surface area contributed by atoms with Crippen molar-refractivity contribution < 1.29 is 9.84 Å². The Labute approximate surface area is 90.9 Å². The van der Waals surface area contributed by atoms with Gasteiger partial charge >= 0.3 is 0 Å². The second kappa shape index (κ2) is 3.86. The predicted molar refractivity (Wildman–Crippen MR) is 60.1 cm³/mol. The summed E-state index contributed by atoms with van der Waals surface area (Å²) in [6.45, 7) is 4.64. The molecular weight excluding hydrogens is 188 g/mol. The van der Waals surface area contributed by atoms with E-state index in [1.807, 2.05) is 32.0 Å². The highest BCUT2D eigenvalue weighted by molar-refractivity contribution is 5.45. The van der Waals surface area contributed by atoms with Crippen LogP contribution in [0.5, 0.6) is 5.75 Å². The highest BCUT2D eigenvalue weighted by Crippen LogP contribution is 2.45. The van der Waals surface area contributed by atoms with Crippen molar-refractivity contribution in [3.8, 4) is 5.75 Å². The van der Waals surface area contributed by atoms with Gasteiger partial charge in [0.25, 0.3) is 0 Å². The van der Waals surface area contributed by atoms with E-state index in [-0.39, 0.29) is 0 Å². The van der Waals surface area contributed by atoms with Gasteiger partial charge in [0.15, 0.2) is 0 Å². The SMILES string of the molecule is CCOc1c(C)cccc1C1(O)CCC1. The summed E-state index contributed by atoms with van der Waals surface area (Å²) >= 11 is 0. The van der Waals surface area contributed by atoms with Crippen LogP contribution < -0.4 is 4.74 Å². The molecule has 2 nitrogen and oxygen atoms in total. The van der Waals surface area contributed by atoms with Crippen molar-refractivity contribution >= 4 is 0 Å². The van der Waals surface area contributed by atoms with Gasteiger partial charge in [-0.05, 0) is 38.7 Å². The maximum absolute atomic E-state index is 10.3. The molecule has 1 saturated carbocycles. The van der Waals surface area contributed by atoms with Crippen molar-refractivity contribution in [3.63, 3.8) is 0 Å². The zero-order valence-corrected chi connectivity index (χ0v) is 9.42. The summed E-state index contributed by atoms with van der Waals surface area (Å²) in [6.07, 6.45) is 2.82. The zero-order valence-electron chi connectivity index (χ0n) is 9.42. The van der Waals surface area contributed by atoms with Gasteiger partial charge in [0.1, 0.15) is 5.75 Å². The van der Waals surface area contributed by atoms with E-state index in [4.69, 9.17) is 4.74 Å². The molecule has 1 aromatic rings. The Balaban J connectivity index is 2.41. The Kier molecular flexibility index (Phi) is 2.70. The van der Waals surface area contributed by atoms with E-state index in [0.29, 0.717) is 6.61 Å². The number of benzene rings is 1. The van der Waals surface area contributed by atoms with E-state index < -0.39 is 5.60 Å². The molecule has 0 bridgehead atoms. The van der Waals surface area contributed by atoms with E-state index in [1.54, 1.807) is 0 Å². The molecule has 0 saturated heterocycles. The van der Waals surface area contributed by atoms with Gasteiger partial charge in [0, 0.05) is 5.56 Å². The highest BCUT2D eigenvalue weighted by Gasteiger charge is 2.38. The number of para-hydroxylation sites is 1. The van der Waals surface area contributed by atoms with Crippen molar-refractivity contribution in [1.82, 2.24) is 0 Å². The largest absolute Gasteiger partial charge is 0.493 e. The molecule has 1 aliphatic rings. The van der Waals surface area contributed by atoms with Gasteiger partial charge in [-0.1, -0.05) is 18.2 Å². The summed E-state index contributed by atoms with van der Waals surface area (Å²) in [5.74, 6) is 0.877. The molecule has 1 fully saturated rings. The fourth-order valence-electron chi connectivity index (χ4n) is 2.14. The van der Waals surface area contributed by atoms with Crippen LogP contribution in [0.2, 0.25) is 0 Å². The van der Waals surface area contributed by atoms with Crippen LogP contribution in [-0.4, -0.2) is 11.7 Å². The molecule has 0 aromatic heterocycles. The summed E-state index contributed by atoms with van der Waals surface area (Å²) in [4.78, 5) is 0. The summed E-state index contributed by atoms with van der Waals surface area (Å²) in [7, 11) is 0. The summed E-state index contributed by atoms with van der Waals surface area (Å²) < 4.78 is 5.63. The Bertz CT molecular complexity index is 354. The lowest BCUT2D eigenvalue weighted by atomic mass is 9.74. The molecule has 15 heavy (non-hydrogen) atoms. The van der Waals surface area contributed by atoms with Crippen LogP contribution in [0.15, 0.2) is 18.2 Å². The average molecular weight is 206 g/mol. The lowest BCUT2D eigenvalue weighted by Gasteiger charge is -2.38. The first-order valence-electron chi connectivity index (χ1n) is 5.62. The molecule has 1 aromatic carbocycles. The molecule has 1 N–H and O–H groups in total. The summed E-state index contributed by atoms with van der Waals surface area (Å²) in [5, 5.41) is 10.3. The molecular formula is C13H18O2. The number of hydrogen-bond donors (Lipinski definition) is 1. The molecule has 0 radical (unpaired) electrons. The second-order valence-corrected chi connectivity index (χ2v) is 4.27. The van der Waals surface area contributed by atoms with E-state index in [1.165, 1.54) is 0 Å². The molecule has 2 rings (SSSR count). The number of hydrogen-bond acceptors (Lipinski definition) is 2. The van der Waals surface area contributed by atoms with Crippen LogP contribution in [0.3, 0.4) is 0 Å². The van der Waals surface area contributed by atoms with Crippen molar-refractivity contribution in [2.45, 2.75) is 38.7 Å². The first kappa shape index (κ1) is 10.5. The van der Waals surface area contributed by atoms with E-state index in [9.17, 15) is 5.11 Å². The van der Waals surface area contributed by atoms with Crippen LogP contribution in [0.1, 0.15) is 37.3 Å². The van der Waals surface area contributed by atoms with Gasteiger partial charge in [-0.3, -0.25) is 0 Å². The van der Waals surface area contributed by atoms with Crippen LogP contribution in [0.4, 0.5) is 0 Å². The molecule has 0 heterocycles. The maximum atomic E-state index is 10.3. The Morgan fingerprint density at radius 1 is 1.40 bits per heavy atom. The minimum Gasteiger partial charge on any atom is -0.493 e. The lowest BCUT2D eigenvalue weighted by Crippen LogP contribution is -2.34. The zero-order chi connectivity index (χ0) is 10.9. The first-order chi connectivity index (χ1) is 7.17. The van der Waals surface area contributed by atoms with Crippen molar-refractivity contribution in [2.75, 3.05) is 6.61 Å². The maximum Gasteiger partial charge on any atom is 0.128 e. The van der Waals surface area contributed by atoms with Gasteiger partial charge in [-0.25, -0.2) is 0 Å². The minimum absolute atomic E-state index is 0.628. The van der Waals surface area contributed by atoms with Gasteiger partial charge < -0.3 is 9.84 Å². The molecule has 82 valence electrons. The van der Waals surface area contributed by atoms with Gasteiger partial charge in [0.05, 0.1) is 12.2 Å². The highest BCUT2D eigenvalue weighted by atomic mass is 16.5. The number of ether oxygens (including phenoxy) is 1. The summed E-state index contributed by atoms with van der Waals surface area (Å²) in [5.41, 5.74) is 1.45. The van der Waals surface area contributed by atoms with Crippen LogP contribution >= 0.6 is 0 Å². The van der Waals surface area contributed by atoms with Crippen LogP contribution in [-0.2, 0) is 5.60 Å². The molecule has 0 spiro atoms. The second-order valence-electron chi connectivity index (χ2n) is 4.27. The van der Waals surface area contributed by atoms with Gasteiger partial charge in [-0.2, -0.15) is 0 Å². The standard InChI is InChI=1S/C13H18O2/c1-3-15-12-10(2)6-4-7-11(12)13(14)8-5-9-13/h4,6-7,14H,3,5,8-9H2,1-2H3. The number of aliphatic hydroxyl groups is 1. The summed E-state index contributed by atoms with van der Waals surface area (Å²) in [6, 6.07) is 6.00. The topological polar surface area (TPSA) is 29.5 Å². The molecule has 2 heteroatoms. The fraction of sp³-hybridized carbons (Fsp3) is 0.538. The molecule has 0 aliphatic heterocycles. The molecule has 1 aliphatic carbocycles. The van der Waals surface area contributed by atoms with Crippen molar-refractivity contribution in [2.24, 2.45) is 0 Å². The third-order valence-corrected chi connectivity index (χ3v) is 3.18. The molecule has 0 amide bonds. The Morgan fingerprint density at radius 3 is 2.67 bits per heavy atom. The van der Waals surface area contributed by atoms with Crippen molar-refractivity contribution in [3.05, 3.63) is 29.3 Å². The minimum atomic E-state index is -0.628.